The molecule has 3 rings (SSSR count). The van der Waals surface area contributed by atoms with Crippen LogP contribution >= 0.6 is 23.2 Å². The molecule has 1 aromatic heterocycles. The molecule has 106 valence electrons. The summed E-state index contributed by atoms with van der Waals surface area (Å²) >= 11 is 11.5. The zero-order valence-electron chi connectivity index (χ0n) is 10.7. The van der Waals surface area contributed by atoms with Gasteiger partial charge in [0, 0.05) is 11.1 Å². The quantitative estimate of drug-likeness (QED) is 0.668. The van der Waals surface area contributed by atoms with Crippen molar-refractivity contribution in [1.82, 2.24) is 4.98 Å². The number of aromatic nitrogens is 1. The number of hydrogen-bond donors (Lipinski definition) is 1. The molecule has 1 aliphatic rings. The standard InChI is InChI=1S/C15H9Cl2FN2O/c16-11-3-1-2-8(13(11)18)4-5-10-9-6-7-12(17)19-14(9)20-15(10)21/h1-3,5-7H,4H2,(H,19,20,21)/b10-5+. The number of carbonyl (C=O) groups excluding carboxylic acids is 1. The predicted molar refractivity (Wildman–Crippen MR) is 81.0 cm³/mol. The lowest BCUT2D eigenvalue weighted by atomic mass is 10.0. The van der Waals surface area contributed by atoms with E-state index in [-0.39, 0.29) is 17.4 Å². The second-order valence-corrected chi connectivity index (χ2v) is 5.31. The van der Waals surface area contributed by atoms with E-state index in [2.05, 4.69) is 10.3 Å². The lowest BCUT2D eigenvalue weighted by Crippen LogP contribution is -2.04. The van der Waals surface area contributed by atoms with Gasteiger partial charge >= 0.3 is 0 Å². The van der Waals surface area contributed by atoms with Gasteiger partial charge in [-0.05, 0) is 30.2 Å². The summed E-state index contributed by atoms with van der Waals surface area (Å²) in [6.07, 6.45) is 1.92. The van der Waals surface area contributed by atoms with E-state index in [1.165, 1.54) is 6.07 Å². The Morgan fingerprint density at radius 3 is 2.86 bits per heavy atom. The Bertz CT molecular complexity index is 774. The molecule has 0 spiro atoms. The summed E-state index contributed by atoms with van der Waals surface area (Å²) in [4.78, 5) is 16.0. The number of fused-ring (bicyclic) bond motifs is 1. The summed E-state index contributed by atoms with van der Waals surface area (Å²) in [6.45, 7) is 0. The Morgan fingerprint density at radius 1 is 1.24 bits per heavy atom. The maximum atomic E-state index is 13.8. The van der Waals surface area contributed by atoms with E-state index in [0.717, 1.165) is 0 Å². The van der Waals surface area contributed by atoms with Crippen molar-refractivity contribution in [1.29, 1.82) is 0 Å². The average Bonchev–Trinajstić information content (AvgIpc) is 2.75. The number of benzene rings is 1. The van der Waals surface area contributed by atoms with Crippen molar-refractivity contribution < 1.29 is 9.18 Å². The number of anilines is 1. The molecule has 0 saturated heterocycles. The number of hydrogen-bond acceptors (Lipinski definition) is 2. The van der Waals surface area contributed by atoms with Crippen LogP contribution in [0.4, 0.5) is 10.2 Å². The smallest absolute Gasteiger partial charge is 0.257 e. The third-order valence-corrected chi connectivity index (χ3v) is 3.69. The van der Waals surface area contributed by atoms with E-state index in [0.29, 0.717) is 27.7 Å². The third kappa shape index (κ3) is 2.64. The number of carbonyl (C=O) groups is 1. The lowest BCUT2D eigenvalue weighted by Gasteiger charge is -2.02. The van der Waals surface area contributed by atoms with E-state index in [1.807, 2.05) is 0 Å². The van der Waals surface area contributed by atoms with E-state index >= 15 is 0 Å². The van der Waals surface area contributed by atoms with Crippen molar-refractivity contribution in [2.45, 2.75) is 6.42 Å². The molecule has 2 heterocycles. The van der Waals surface area contributed by atoms with Crippen LogP contribution in [-0.2, 0) is 11.2 Å². The van der Waals surface area contributed by atoms with Gasteiger partial charge in [-0.3, -0.25) is 4.79 Å². The van der Waals surface area contributed by atoms with Crippen LogP contribution in [0.1, 0.15) is 11.1 Å². The highest BCUT2D eigenvalue weighted by Gasteiger charge is 2.25. The zero-order chi connectivity index (χ0) is 15.0. The highest BCUT2D eigenvalue weighted by Crippen LogP contribution is 2.31. The number of pyridine rings is 1. The van der Waals surface area contributed by atoms with Crippen molar-refractivity contribution in [3.8, 4) is 0 Å². The van der Waals surface area contributed by atoms with Crippen molar-refractivity contribution >= 4 is 40.5 Å². The van der Waals surface area contributed by atoms with E-state index < -0.39 is 5.82 Å². The molecule has 0 fully saturated rings. The summed E-state index contributed by atoms with van der Waals surface area (Å²) < 4.78 is 13.8. The van der Waals surface area contributed by atoms with Gasteiger partial charge in [0.1, 0.15) is 16.8 Å². The number of nitrogens with one attached hydrogen (secondary N) is 1. The first-order valence-electron chi connectivity index (χ1n) is 6.17. The summed E-state index contributed by atoms with van der Waals surface area (Å²) in [7, 11) is 0. The molecule has 0 aliphatic carbocycles. The van der Waals surface area contributed by atoms with Crippen LogP contribution in [-0.4, -0.2) is 10.9 Å². The van der Waals surface area contributed by atoms with Gasteiger partial charge in [-0.15, -0.1) is 0 Å². The van der Waals surface area contributed by atoms with Gasteiger partial charge < -0.3 is 5.32 Å². The Labute approximate surface area is 130 Å². The molecule has 3 nitrogen and oxygen atoms in total. The maximum absolute atomic E-state index is 13.8. The van der Waals surface area contributed by atoms with Crippen LogP contribution in [0, 0.1) is 5.82 Å². The molecule has 1 aromatic carbocycles. The maximum Gasteiger partial charge on any atom is 0.257 e. The monoisotopic (exact) mass is 322 g/mol. The summed E-state index contributed by atoms with van der Waals surface area (Å²) in [5.41, 5.74) is 1.54. The minimum Gasteiger partial charge on any atom is -0.306 e. The van der Waals surface area contributed by atoms with Crippen LogP contribution in [0.5, 0.6) is 0 Å². The van der Waals surface area contributed by atoms with E-state index in [9.17, 15) is 9.18 Å². The molecule has 0 atom stereocenters. The molecule has 21 heavy (non-hydrogen) atoms. The fraction of sp³-hybridized carbons (Fsp3) is 0.0667. The number of allylic oxidation sites excluding steroid dienone is 1. The second-order valence-electron chi connectivity index (χ2n) is 4.52. The molecule has 0 unspecified atom stereocenters. The zero-order valence-corrected chi connectivity index (χ0v) is 12.2. The van der Waals surface area contributed by atoms with Crippen LogP contribution in [0.3, 0.4) is 0 Å². The Hall–Kier alpha value is -1.91. The predicted octanol–water partition coefficient (Wildman–Crippen LogP) is 4.11. The number of halogens is 3. The van der Waals surface area contributed by atoms with Gasteiger partial charge in [0.25, 0.3) is 5.91 Å². The van der Waals surface area contributed by atoms with E-state index in [4.69, 9.17) is 23.2 Å². The van der Waals surface area contributed by atoms with Crippen LogP contribution in [0.15, 0.2) is 36.4 Å². The van der Waals surface area contributed by atoms with Crippen LogP contribution in [0.25, 0.3) is 5.57 Å². The highest BCUT2D eigenvalue weighted by molar-refractivity contribution is 6.33. The first-order chi connectivity index (χ1) is 10.1. The third-order valence-electron chi connectivity index (χ3n) is 3.19. The van der Waals surface area contributed by atoms with Crippen molar-refractivity contribution in [2.24, 2.45) is 0 Å². The first-order valence-corrected chi connectivity index (χ1v) is 6.93. The Kier molecular flexibility index (Phi) is 3.66. The summed E-state index contributed by atoms with van der Waals surface area (Å²) in [6, 6.07) is 8.10. The molecule has 0 saturated carbocycles. The van der Waals surface area contributed by atoms with E-state index in [1.54, 1.807) is 30.3 Å². The SMILES string of the molecule is O=C1Nc2nc(Cl)ccc2/C1=C\Cc1cccc(Cl)c1F. The molecule has 6 heteroatoms. The Morgan fingerprint density at radius 2 is 2.05 bits per heavy atom. The van der Waals surface area contributed by atoms with Crippen molar-refractivity contribution in [3.63, 3.8) is 0 Å². The molecule has 0 radical (unpaired) electrons. The fourth-order valence-electron chi connectivity index (χ4n) is 2.17. The fourth-order valence-corrected chi connectivity index (χ4v) is 2.51. The summed E-state index contributed by atoms with van der Waals surface area (Å²) in [5.74, 6) is -0.323. The van der Waals surface area contributed by atoms with Crippen LogP contribution < -0.4 is 5.32 Å². The highest BCUT2D eigenvalue weighted by atomic mass is 35.5. The summed E-state index contributed by atoms with van der Waals surface area (Å²) in [5, 5.41) is 3.00. The first kappa shape index (κ1) is 14.0. The van der Waals surface area contributed by atoms with Crippen molar-refractivity contribution in [3.05, 3.63) is 63.5 Å². The van der Waals surface area contributed by atoms with Gasteiger partial charge in [0.05, 0.1) is 5.02 Å². The molecular formula is C15H9Cl2FN2O. The minimum atomic E-state index is -0.469. The van der Waals surface area contributed by atoms with Gasteiger partial charge in [0.2, 0.25) is 0 Å². The molecule has 2 aromatic rings. The van der Waals surface area contributed by atoms with Gasteiger partial charge in [0.15, 0.2) is 0 Å². The lowest BCUT2D eigenvalue weighted by molar-refractivity contribution is -0.110. The van der Waals surface area contributed by atoms with Gasteiger partial charge in [-0.25, -0.2) is 9.37 Å². The minimum absolute atomic E-state index is 0.0654. The molecule has 1 aliphatic heterocycles. The second kappa shape index (κ2) is 5.47. The molecule has 0 bridgehead atoms. The molecule has 1 N–H and O–H groups in total. The number of rotatable bonds is 2. The number of nitrogens with zero attached hydrogens (tertiary/aromatic N) is 1. The van der Waals surface area contributed by atoms with Crippen molar-refractivity contribution in [2.75, 3.05) is 5.32 Å². The Balaban J connectivity index is 1.94. The topological polar surface area (TPSA) is 42.0 Å². The van der Waals surface area contributed by atoms with Crippen LogP contribution in [0.2, 0.25) is 10.2 Å². The molecular weight excluding hydrogens is 314 g/mol. The number of amides is 1. The average molecular weight is 323 g/mol. The van der Waals surface area contributed by atoms with Gasteiger partial charge in [-0.1, -0.05) is 41.4 Å². The normalized spacial score (nSPS) is 15.2. The largest absolute Gasteiger partial charge is 0.306 e. The molecule has 1 amide bonds. The van der Waals surface area contributed by atoms with Gasteiger partial charge in [-0.2, -0.15) is 0 Å².